The summed E-state index contributed by atoms with van der Waals surface area (Å²) in [6.45, 7) is 2.33. The van der Waals surface area contributed by atoms with E-state index in [0.29, 0.717) is 32.5 Å². The van der Waals surface area contributed by atoms with E-state index in [-0.39, 0.29) is 5.91 Å². The van der Waals surface area contributed by atoms with Gasteiger partial charge in [0.15, 0.2) is 5.67 Å². The molecule has 2 saturated carbocycles. The van der Waals surface area contributed by atoms with Gasteiger partial charge in [-0.15, -0.1) is 0 Å². The Labute approximate surface area is 135 Å². The molecule has 0 bridgehead atoms. The molecule has 0 N–H and O–H groups in total. The smallest absolute Gasteiger partial charge is 0.260 e. The van der Waals surface area contributed by atoms with Crippen LogP contribution in [0.2, 0.25) is 0 Å². The predicted molar refractivity (Wildman–Crippen MR) is 82.4 cm³/mol. The Morgan fingerprint density at radius 3 is 2.87 bits per heavy atom. The average molecular weight is 321 g/mol. The molecule has 23 heavy (non-hydrogen) atoms. The van der Waals surface area contributed by atoms with Crippen LogP contribution in [0.1, 0.15) is 49.1 Å². The molecule has 0 radical (unpaired) electrons. The van der Waals surface area contributed by atoms with Gasteiger partial charge in [-0.2, -0.15) is 5.10 Å². The van der Waals surface area contributed by atoms with Gasteiger partial charge in [-0.05, 0) is 38.0 Å². The third-order valence-corrected chi connectivity index (χ3v) is 5.43. The second-order valence-electron chi connectivity index (χ2n) is 7.25. The molecule has 2 heterocycles. The summed E-state index contributed by atoms with van der Waals surface area (Å²) in [7, 11) is 1.93. The van der Waals surface area contributed by atoms with Crippen molar-refractivity contribution < 1.29 is 13.9 Å². The molecule has 2 fully saturated rings. The molecule has 126 valence electrons. The predicted octanol–water partition coefficient (Wildman–Crippen LogP) is 2.12. The first-order valence-electron chi connectivity index (χ1n) is 8.66. The number of carbonyl (C=O) groups excluding carboxylic acids is 1. The Morgan fingerprint density at radius 1 is 1.43 bits per heavy atom. The fourth-order valence-corrected chi connectivity index (χ4v) is 3.55. The molecule has 0 aromatic carbocycles. The molecule has 0 atom stereocenters. The van der Waals surface area contributed by atoms with Crippen LogP contribution in [0.4, 0.5) is 4.39 Å². The Morgan fingerprint density at radius 2 is 2.22 bits per heavy atom. The summed E-state index contributed by atoms with van der Waals surface area (Å²) in [5.74, 6) is 0.390. The summed E-state index contributed by atoms with van der Waals surface area (Å²) in [4.78, 5) is 14.1. The number of hydrogen-bond acceptors (Lipinski definition) is 3. The van der Waals surface area contributed by atoms with Crippen LogP contribution in [0.5, 0.6) is 0 Å². The molecule has 5 nitrogen and oxygen atoms in total. The molecule has 1 amide bonds. The Hall–Kier alpha value is -1.43. The van der Waals surface area contributed by atoms with Gasteiger partial charge in [0.2, 0.25) is 0 Å². The van der Waals surface area contributed by atoms with E-state index >= 15 is 0 Å². The number of aryl methyl sites for hydroxylation is 1. The van der Waals surface area contributed by atoms with Crippen molar-refractivity contribution in [2.24, 2.45) is 13.0 Å². The van der Waals surface area contributed by atoms with E-state index < -0.39 is 5.67 Å². The third-order valence-electron chi connectivity index (χ3n) is 5.43. The maximum atomic E-state index is 14.4. The monoisotopic (exact) mass is 321 g/mol. The molecular weight excluding hydrogens is 297 g/mol. The number of ether oxygens (including phenoxy) is 1. The summed E-state index contributed by atoms with van der Waals surface area (Å²) >= 11 is 0. The minimum Gasteiger partial charge on any atom is -0.375 e. The number of fused-ring (bicyclic) bond motifs is 1. The number of amides is 1. The van der Waals surface area contributed by atoms with Crippen LogP contribution in [0.25, 0.3) is 0 Å². The van der Waals surface area contributed by atoms with Gasteiger partial charge in [-0.3, -0.25) is 9.48 Å². The maximum absolute atomic E-state index is 14.4. The summed E-state index contributed by atoms with van der Waals surface area (Å²) < 4.78 is 22.1. The molecule has 3 aliphatic rings. The number of alkyl halides is 1. The summed E-state index contributed by atoms with van der Waals surface area (Å²) in [6, 6.07) is 0. The highest BCUT2D eigenvalue weighted by Gasteiger charge is 2.47. The minimum absolute atomic E-state index is 0.330. The van der Waals surface area contributed by atoms with E-state index in [4.69, 9.17) is 4.74 Å². The molecule has 4 rings (SSSR count). The number of hydrogen-bond donors (Lipinski definition) is 0. The van der Waals surface area contributed by atoms with Crippen LogP contribution in [-0.4, -0.2) is 39.4 Å². The van der Waals surface area contributed by atoms with Crippen molar-refractivity contribution in [3.63, 3.8) is 0 Å². The van der Waals surface area contributed by atoms with Gasteiger partial charge in [0.1, 0.15) is 0 Å². The first kappa shape index (κ1) is 15.1. The number of aromatic nitrogens is 2. The van der Waals surface area contributed by atoms with E-state index in [2.05, 4.69) is 5.10 Å². The van der Waals surface area contributed by atoms with Gasteiger partial charge in [0.05, 0.1) is 12.3 Å². The molecule has 1 aliphatic heterocycles. The fraction of sp³-hybridized carbons (Fsp3) is 0.765. The zero-order valence-electron chi connectivity index (χ0n) is 13.7. The molecule has 1 aromatic heterocycles. The van der Waals surface area contributed by atoms with Crippen molar-refractivity contribution in [3.05, 3.63) is 17.0 Å². The normalized spacial score (nSPS) is 22.6. The van der Waals surface area contributed by atoms with Crippen molar-refractivity contribution in [2.75, 3.05) is 13.2 Å². The molecule has 0 saturated heterocycles. The molecule has 1 aromatic rings. The standard InChI is InChI=1S/C17H24FN3O2/c1-20-15-5-8-21(16(22)17(18)6-2-7-17)9-13(15)14(19-20)11-23-10-12-3-4-12/h12H,2-11H2,1H3. The van der Waals surface area contributed by atoms with Gasteiger partial charge >= 0.3 is 0 Å². The van der Waals surface area contributed by atoms with Gasteiger partial charge in [0.25, 0.3) is 5.91 Å². The first-order valence-corrected chi connectivity index (χ1v) is 8.66. The van der Waals surface area contributed by atoms with Crippen LogP contribution in [0.3, 0.4) is 0 Å². The zero-order chi connectivity index (χ0) is 16.0. The molecular formula is C17H24FN3O2. The second kappa shape index (κ2) is 5.58. The summed E-state index contributed by atoms with van der Waals surface area (Å²) in [5, 5.41) is 4.56. The highest BCUT2D eigenvalue weighted by atomic mass is 19.1. The van der Waals surface area contributed by atoms with Crippen molar-refractivity contribution in [1.29, 1.82) is 0 Å². The van der Waals surface area contributed by atoms with Gasteiger partial charge in [-0.1, -0.05) is 0 Å². The van der Waals surface area contributed by atoms with Crippen LogP contribution >= 0.6 is 0 Å². The van der Waals surface area contributed by atoms with E-state index in [9.17, 15) is 9.18 Å². The first-order chi connectivity index (χ1) is 11.1. The zero-order valence-corrected chi connectivity index (χ0v) is 13.7. The number of carbonyl (C=O) groups is 1. The Bertz CT molecular complexity index is 620. The summed E-state index contributed by atoms with van der Waals surface area (Å²) in [6.07, 6.45) is 4.83. The average Bonchev–Trinajstić information content (AvgIpc) is 3.29. The largest absolute Gasteiger partial charge is 0.375 e. The van der Waals surface area contributed by atoms with E-state index in [1.807, 2.05) is 11.7 Å². The van der Waals surface area contributed by atoms with Crippen molar-refractivity contribution in [1.82, 2.24) is 14.7 Å². The van der Waals surface area contributed by atoms with Crippen LogP contribution < -0.4 is 0 Å². The topological polar surface area (TPSA) is 47.4 Å². The molecule has 0 spiro atoms. The molecule has 2 aliphatic carbocycles. The van der Waals surface area contributed by atoms with Gasteiger partial charge in [-0.25, -0.2) is 4.39 Å². The lowest BCUT2D eigenvalue weighted by Gasteiger charge is -2.38. The van der Waals surface area contributed by atoms with E-state index in [0.717, 1.165) is 42.3 Å². The second-order valence-corrected chi connectivity index (χ2v) is 7.25. The van der Waals surface area contributed by atoms with Crippen LogP contribution in [0.15, 0.2) is 0 Å². The SMILES string of the molecule is Cn1nc(COCC2CC2)c2c1CCN(C(=O)C1(F)CCC1)C2. The fourth-order valence-electron chi connectivity index (χ4n) is 3.55. The van der Waals surface area contributed by atoms with Crippen LogP contribution in [0, 0.1) is 5.92 Å². The third kappa shape index (κ3) is 2.77. The maximum Gasteiger partial charge on any atom is 0.260 e. The highest BCUT2D eigenvalue weighted by molar-refractivity contribution is 5.86. The number of rotatable bonds is 5. The minimum atomic E-state index is -1.61. The Kier molecular flexibility index (Phi) is 3.67. The lowest BCUT2D eigenvalue weighted by Crippen LogP contribution is -2.51. The summed E-state index contributed by atoms with van der Waals surface area (Å²) in [5.41, 5.74) is 1.51. The van der Waals surface area contributed by atoms with Crippen LogP contribution in [-0.2, 0) is 36.2 Å². The quantitative estimate of drug-likeness (QED) is 0.835. The van der Waals surface area contributed by atoms with Gasteiger partial charge < -0.3 is 9.64 Å². The van der Waals surface area contributed by atoms with E-state index in [1.165, 1.54) is 12.8 Å². The lowest BCUT2D eigenvalue weighted by molar-refractivity contribution is -0.151. The molecule has 0 unspecified atom stereocenters. The highest BCUT2D eigenvalue weighted by Crippen LogP contribution is 2.38. The molecule has 6 heteroatoms. The van der Waals surface area contributed by atoms with E-state index in [1.54, 1.807) is 4.90 Å². The lowest BCUT2D eigenvalue weighted by atomic mass is 9.80. The van der Waals surface area contributed by atoms with Crippen molar-refractivity contribution in [2.45, 2.75) is 57.3 Å². The van der Waals surface area contributed by atoms with Crippen molar-refractivity contribution >= 4 is 5.91 Å². The Balaban J connectivity index is 1.47. The van der Waals surface area contributed by atoms with Crippen molar-refractivity contribution in [3.8, 4) is 0 Å². The number of halogens is 1. The number of nitrogens with zero attached hydrogens (tertiary/aromatic N) is 3. The van der Waals surface area contributed by atoms with Gasteiger partial charge in [0, 0.05) is 44.4 Å².